The summed E-state index contributed by atoms with van der Waals surface area (Å²) in [5.74, 6) is 0.0124. The SMILES string of the molecule is CNC(=O)c1ccc(B(O)O)c(OC)c1. The normalized spacial score (nSPS) is 9.60. The van der Waals surface area contributed by atoms with Gasteiger partial charge in [0.2, 0.25) is 0 Å². The van der Waals surface area contributed by atoms with Crippen LogP contribution in [0.3, 0.4) is 0 Å². The average molecular weight is 209 g/mol. The second-order valence-electron chi connectivity index (χ2n) is 2.91. The average Bonchev–Trinajstić information content (AvgIpc) is 2.26. The lowest BCUT2D eigenvalue weighted by atomic mass is 9.79. The Bertz CT molecular complexity index is 367. The lowest BCUT2D eigenvalue weighted by Crippen LogP contribution is -2.31. The van der Waals surface area contributed by atoms with E-state index in [2.05, 4.69) is 5.32 Å². The molecule has 0 fully saturated rings. The lowest BCUT2D eigenvalue weighted by molar-refractivity contribution is 0.0962. The van der Waals surface area contributed by atoms with Crippen LogP contribution in [0.4, 0.5) is 0 Å². The standard InChI is InChI=1S/C9H12BNO4/c1-11-9(12)6-3-4-7(10(13)14)8(5-6)15-2/h3-5,13-14H,1-2H3,(H,11,12). The topological polar surface area (TPSA) is 78.8 Å². The van der Waals surface area contributed by atoms with Crippen molar-refractivity contribution in [3.63, 3.8) is 0 Å². The van der Waals surface area contributed by atoms with Crippen LogP contribution in [0.2, 0.25) is 0 Å². The number of ether oxygens (including phenoxy) is 1. The fraction of sp³-hybridized carbons (Fsp3) is 0.222. The number of nitrogens with one attached hydrogen (secondary N) is 1. The second-order valence-corrected chi connectivity index (χ2v) is 2.91. The molecule has 0 radical (unpaired) electrons. The predicted octanol–water partition coefficient (Wildman–Crippen LogP) is -1.27. The van der Waals surface area contributed by atoms with Crippen LogP contribution in [0.1, 0.15) is 10.4 Å². The molecule has 1 aromatic rings. The van der Waals surface area contributed by atoms with Crippen molar-refractivity contribution in [2.45, 2.75) is 0 Å². The maximum absolute atomic E-state index is 11.3. The molecule has 1 amide bonds. The quantitative estimate of drug-likeness (QED) is 0.542. The van der Waals surface area contributed by atoms with E-state index in [-0.39, 0.29) is 17.1 Å². The molecule has 0 aliphatic rings. The molecule has 0 bridgehead atoms. The van der Waals surface area contributed by atoms with Gasteiger partial charge in [-0.1, -0.05) is 6.07 Å². The third-order valence-corrected chi connectivity index (χ3v) is 2.00. The fourth-order valence-corrected chi connectivity index (χ4v) is 1.21. The van der Waals surface area contributed by atoms with Crippen molar-refractivity contribution in [2.75, 3.05) is 14.2 Å². The Morgan fingerprint density at radius 1 is 1.47 bits per heavy atom. The fourth-order valence-electron chi connectivity index (χ4n) is 1.21. The first-order valence-corrected chi connectivity index (χ1v) is 4.36. The molecule has 0 spiro atoms. The first-order valence-electron chi connectivity index (χ1n) is 4.36. The Labute approximate surface area is 87.8 Å². The van der Waals surface area contributed by atoms with Gasteiger partial charge >= 0.3 is 7.12 Å². The van der Waals surface area contributed by atoms with Gasteiger partial charge in [-0.25, -0.2) is 0 Å². The summed E-state index contributed by atoms with van der Waals surface area (Å²) in [5, 5.41) is 20.5. The lowest BCUT2D eigenvalue weighted by Gasteiger charge is -2.09. The van der Waals surface area contributed by atoms with E-state index < -0.39 is 7.12 Å². The van der Waals surface area contributed by atoms with Gasteiger partial charge in [-0.2, -0.15) is 0 Å². The highest BCUT2D eigenvalue weighted by atomic mass is 16.5. The van der Waals surface area contributed by atoms with Crippen LogP contribution < -0.4 is 15.5 Å². The molecule has 0 heterocycles. The zero-order valence-corrected chi connectivity index (χ0v) is 8.52. The van der Waals surface area contributed by atoms with Gasteiger partial charge < -0.3 is 20.1 Å². The summed E-state index contributed by atoms with van der Waals surface area (Å²) in [6.45, 7) is 0. The number of benzene rings is 1. The van der Waals surface area contributed by atoms with E-state index >= 15 is 0 Å². The number of hydrogen-bond acceptors (Lipinski definition) is 4. The first-order chi connectivity index (χ1) is 7.10. The molecule has 5 nitrogen and oxygen atoms in total. The maximum atomic E-state index is 11.3. The summed E-state index contributed by atoms with van der Waals surface area (Å²) in [5.41, 5.74) is 0.629. The predicted molar refractivity (Wildman–Crippen MR) is 56.2 cm³/mol. The smallest absolute Gasteiger partial charge is 0.492 e. The van der Waals surface area contributed by atoms with Gasteiger partial charge in [0.25, 0.3) is 5.91 Å². The molecule has 0 unspecified atom stereocenters. The molecule has 1 rings (SSSR count). The van der Waals surface area contributed by atoms with Gasteiger partial charge in [0.15, 0.2) is 0 Å². The van der Waals surface area contributed by atoms with Crippen LogP contribution in [0.5, 0.6) is 5.75 Å². The van der Waals surface area contributed by atoms with Crippen LogP contribution in [0.25, 0.3) is 0 Å². The van der Waals surface area contributed by atoms with E-state index in [1.165, 1.54) is 32.4 Å². The number of rotatable bonds is 3. The first kappa shape index (κ1) is 11.5. The largest absolute Gasteiger partial charge is 0.497 e. The molecule has 0 saturated carbocycles. The summed E-state index contributed by atoms with van der Waals surface area (Å²) in [7, 11) is 1.30. The summed E-state index contributed by atoms with van der Waals surface area (Å²) in [4.78, 5) is 11.3. The van der Waals surface area contributed by atoms with Gasteiger partial charge in [0, 0.05) is 18.1 Å². The molecule has 80 valence electrons. The molecule has 0 aliphatic carbocycles. The Hall–Kier alpha value is -1.53. The third-order valence-electron chi connectivity index (χ3n) is 2.00. The molecular formula is C9H12BNO4. The van der Waals surface area contributed by atoms with E-state index in [4.69, 9.17) is 14.8 Å². The van der Waals surface area contributed by atoms with Gasteiger partial charge in [0.1, 0.15) is 5.75 Å². The molecule has 6 heteroatoms. The van der Waals surface area contributed by atoms with Gasteiger partial charge in [-0.15, -0.1) is 0 Å². The number of carbonyl (C=O) groups excluding carboxylic acids is 1. The van der Waals surface area contributed by atoms with Crippen LogP contribution in [-0.4, -0.2) is 37.2 Å². The molecular weight excluding hydrogens is 197 g/mol. The van der Waals surface area contributed by atoms with Crippen molar-refractivity contribution < 1.29 is 19.6 Å². The summed E-state index contributed by atoms with van der Waals surface area (Å²) in [6.07, 6.45) is 0. The highest BCUT2D eigenvalue weighted by Gasteiger charge is 2.18. The Morgan fingerprint density at radius 3 is 2.60 bits per heavy atom. The minimum atomic E-state index is -1.61. The summed E-state index contributed by atoms with van der Waals surface area (Å²) >= 11 is 0. The number of hydrogen-bond donors (Lipinski definition) is 3. The van der Waals surface area contributed by atoms with Gasteiger partial charge in [0.05, 0.1) is 7.11 Å². The minimum Gasteiger partial charge on any atom is -0.497 e. The van der Waals surface area contributed by atoms with Crippen LogP contribution in [-0.2, 0) is 0 Å². The van der Waals surface area contributed by atoms with Crippen LogP contribution in [0.15, 0.2) is 18.2 Å². The molecule has 3 N–H and O–H groups in total. The van der Waals surface area contributed by atoms with Crippen molar-refractivity contribution in [1.29, 1.82) is 0 Å². The zero-order chi connectivity index (χ0) is 11.4. The van der Waals surface area contributed by atoms with E-state index in [9.17, 15) is 4.79 Å². The van der Waals surface area contributed by atoms with Gasteiger partial charge in [-0.05, 0) is 12.1 Å². The van der Waals surface area contributed by atoms with Crippen molar-refractivity contribution in [3.05, 3.63) is 23.8 Å². The van der Waals surface area contributed by atoms with E-state index in [1.54, 1.807) is 0 Å². The Balaban J connectivity index is 3.13. The molecule has 0 atom stereocenters. The van der Waals surface area contributed by atoms with E-state index in [0.29, 0.717) is 5.56 Å². The Kier molecular flexibility index (Phi) is 3.71. The summed E-state index contributed by atoms with van der Waals surface area (Å²) < 4.78 is 4.94. The van der Waals surface area contributed by atoms with Gasteiger partial charge in [-0.3, -0.25) is 4.79 Å². The van der Waals surface area contributed by atoms with Crippen LogP contribution in [0, 0.1) is 0 Å². The second kappa shape index (κ2) is 4.81. The maximum Gasteiger partial charge on any atom is 0.492 e. The molecule has 1 aromatic carbocycles. The number of carbonyl (C=O) groups is 1. The number of methoxy groups -OCH3 is 1. The van der Waals surface area contributed by atoms with E-state index in [0.717, 1.165) is 0 Å². The van der Waals surface area contributed by atoms with Crippen molar-refractivity contribution in [3.8, 4) is 5.75 Å². The monoisotopic (exact) mass is 209 g/mol. The molecule has 0 aromatic heterocycles. The molecule has 0 saturated heterocycles. The number of amides is 1. The zero-order valence-electron chi connectivity index (χ0n) is 8.52. The molecule has 15 heavy (non-hydrogen) atoms. The summed E-state index contributed by atoms with van der Waals surface area (Å²) in [6, 6.07) is 4.39. The minimum absolute atomic E-state index is 0.227. The third kappa shape index (κ3) is 2.48. The Morgan fingerprint density at radius 2 is 2.13 bits per heavy atom. The van der Waals surface area contributed by atoms with Crippen molar-refractivity contribution in [1.82, 2.24) is 5.32 Å². The molecule has 0 aliphatic heterocycles. The van der Waals surface area contributed by atoms with E-state index in [1.807, 2.05) is 0 Å². The highest BCUT2D eigenvalue weighted by molar-refractivity contribution is 6.59. The van der Waals surface area contributed by atoms with Crippen molar-refractivity contribution >= 4 is 18.5 Å². The van der Waals surface area contributed by atoms with Crippen molar-refractivity contribution in [2.24, 2.45) is 0 Å². The highest BCUT2D eigenvalue weighted by Crippen LogP contribution is 2.10. The van der Waals surface area contributed by atoms with Crippen LogP contribution >= 0.6 is 0 Å².